The molecule has 6 heteroatoms. The summed E-state index contributed by atoms with van der Waals surface area (Å²) in [5.41, 5.74) is 2.71. The highest BCUT2D eigenvalue weighted by molar-refractivity contribution is 5.76. The molecule has 154 valence electrons. The molecule has 3 heterocycles. The van der Waals surface area contributed by atoms with Crippen molar-refractivity contribution in [1.82, 2.24) is 9.80 Å². The second-order valence-electron chi connectivity index (χ2n) is 9.32. The number of carbonyl (C=O) groups is 1. The first-order valence-corrected chi connectivity index (χ1v) is 10.5. The number of alkyl halides is 2. The van der Waals surface area contributed by atoms with Crippen molar-refractivity contribution in [3.8, 4) is 0 Å². The monoisotopic (exact) mass is 391 g/mol. The average molecular weight is 392 g/mol. The van der Waals surface area contributed by atoms with Gasteiger partial charge in [0.25, 0.3) is 5.92 Å². The number of likely N-dealkylation sites (tertiary alicyclic amines) is 2. The molecule has 3 aliphatic rings. The van der Waals surface area contributed by atoms with Gasteiger partial charge in [0.2, 0.25) is 0 Å². The first-order valence-electron chi connectivity index (χ1n) is 10.5. The predicted octanol–water partition coefficient (Wildman–Crippen LogP) is 4.42. The van der Waals surface area contributed by atoms with Crippen molar-refractivity contribution < 1.29 is 13.6 Å². The second kappa shape index (κ2) is 6.89. The van der Waals surface area contributed by atoms with Gasteiger partial charge in [0.1, 0.15) is 0 Å². The van der Waals surface area contributed by atoms with Crippen LogP contribution >= 0.6 is 0 Å². The standard InChI is InChI=1S/C22H31F2N3O/c1-4-18-9-10-25(15-22(18,23)24)20(28)27-13-21(14-27)11-26(12-21)19-7-5-17(6-8-19)16(2)3/h5-8,16,18H,4,9-15H2,1-3H3. The summed E-state index contributed by atoms with van der Waals surface area (Å²) in [6.07, 6.45) is 0.865. The van der Waals surface area contributed by atoms with Gasteiger partial charge in [-0.05, 0) is 36.5 Å². The van der Waals surface area contributed by atoms with Crippen molar-refractivity contribution in [2.24, 2.45) is 11.3 Å². The van der Waals surface area contributed by atoms with Gasteiger partial charge in [0.15, 0.2) is 0 Å². The lowest BCUT2D eigenvalue weighted by Gasteiger charge is -2.61. The molecule has 0 saturated carbocycles. The van der Waals surface area contributed by atoms with Crippen molar-refractivity contribution in [2.75, 3.05) is 44.2 Å². The van der Waals surface area contributed by atoms with Gasteiger partial charge in [0.05, 0.1) is 6.54 Å². The molecule has 28 heavy (non-hydrogen) atoms. The predicted molar refractivity (Wildman–Crippen MR) is 107 cm³/mol. The van der Waals surface area contributed by atoms with E-state index in [1.54, 1.807) is 11.8 Å². The maximum Gasteiger partial charge on any atom is 0.320 e. The number of halogens is 2. The fourth-order valence-electron chi connectivity index (χ4n) is 4.97. The maximum atomic E-state index is 14.2. The van der Waals surface area contributed by atoms with Gasteiger partial charge in [-0.25, -0.2) is 13.6 Å². The summed E-state index contributed by atoms with van der Waals surface area (Å²) < 4.78 is 28.4. The molecule has 0 N–H and O–H groups in total. The molecule has 1 atom stereocenters. The number of rotatable bonds is 3. The number of carbonyl (C=O) groups excluding carboxylic acids is 1. The van der Waals surface area contributed by atoms with Crippen LogP contribution < -0.4 is 4.90 Å². The van der Waals surface area contributed by atoms with Gasteiger partial charge >= 0.3 is 6.03 Å². The van der Waals surface area contributed by atoms with E-state index in [0.29, 0.717) is 38.4 Å². The van der Waals surface area contributed by atoms with Crippen LogP contribution in [0.15, 0.2) is 24.3 Å². The number of urea groups is 1. The minimum atomic E-state index is -2.76. The number of piperidine rings is 1. The molecular formula is C22H31F2N3O. The number of anilines is 1. The number of benzene rings is 1. The molecular weight excluding hydrogens is 360 g/mol. The first kappa shape index (κ1) is 19.5. The average Bonchev–Trinajstić information content (AvgIpc) is 2.58. The zero-order valence-corrected chi connectivity index (χ0v) is 17.1. The largest absolute Gasteiger partial charge is 0.370 e. The molecule has 0 bridgehead atoms. The van der Waals surface area contributed by atoms with Gasteiger partial charge in [-0.2, -0.15) is 0 Å². The number of amides is 2. The van der Waals surface area contributed by atoms with E-state index in [9.17, 15) is 13.6 Å². The summed E-state index contributed by atoms with van der Waals surface area (Å²) >= 11 is 0. The number of nitrogens with zero attached hydrogens (tertiary/aromatic N) is 3. The molecule has 1 spiro atoms. The molecule has 1 unspecified atom stereocenters. The third kappa shape index (κ3) is 3.35. The van der Waals surface area contributed by atoms with Crippen LogP contribution in [0.3, 0.4) is 0 Å². The van der Waals surface area contributed by atoms with E-state index >= 15 is 0 Å². The van der Waals surface area contributed by atoms with Crippen molar-refractivity contribution in [3.05, 3.63) is 29.8 Å². The molecule has 3 saturated heterocycles. The maximum absolute atomic E-state index is 14.2. The Hall–Kier alpha value is -1.85. The highest BCUT2D eigenvalue weighted by Crippen LogP contribution is 2.43. The molecule has 2 amide bonds. The van der Waals surface area contributed by atoms with E-state index in [4.69, 9.17) is 0 Å². The molecule has 4 rings (SSSR count). The van der Waals surface area contributed by atoms with Crippen molar-refractivity contribution in [1.29, 1.82) is 0 Å². The fraction of sp³-hybridized carbons (Fsp3) is 0.682. The quantitative estimate of drug-likeness (QED) is 0.763. The Labute approximate surface area is 166 Å². The third-order valence-corrected chi connectivity index (χ3v) is 6.81. The Morgan fingerprint density at radius 1 is 1.07 bits per heavy atom. The first-order chi connectivity index (χ1) is 13.2. The van der Waals surface area contributed by atoms with Crippen LogP contribution in [0.5, 0.6) is 0 Å². The topological polar surface area (TPSA) is 26.8 Å². The lowest BCUT2D eigenvalue weighted by Crippen LogP contribution is -2.74. The highest BCUT2D eigenvalue weighted by atomic mass is 19.3. The van der Waals surface area contributed by atoms with E-state index in [0.717, 1.165) is 13.1 Å². The molecule has 3 fully saturated rings. The number of hydrogen-bond donors (Lipinski definition) is 0. The van der Waals surface area contributed by atoms with E-state index in [-0.39, 0.29) is 11.4 Å². The highest BCUT2D eigenvalue weighted by Gasteiger charge is 2.55. The van der Waals surface area contributed by atoms with Crippen molar-refractivity contribution in [3.63, 3.8) is 0 Å². The molecule has 1 aromatic carbocycles. The Kier molecular flexibility index (Phi) is 4.79. The lowest BCUT2D eigenvalue weighted by atomic mass is 9.72. The van der Waals surface area contributed by atoms with Crippen LogP contribution in [0.2, 0.25) is 0 Å². The summed E-state index contributed by atoms with van der Waals surface area (Å²) in [7, 11) is 0. The second-order valence-corrected chi connectivity index (χ2v) is 9.32. The fourth-order valence-corrected chi connectivity index (χ4v) is 4.97. The normalized spacial score (nSPS) is 25.6. The molecule has 0 radical (unpaired) electrons. The van der Waals surface area contributed by atoms with E-state index < -0.39 is 18.4 Å². The van der Waals surface area contributed by atoms with Crippen LogP contribution in [0.4, 0.5) is 19.3 Å². The molecule has 3 aliphatic heterocycles. The van der Waals surface area contributed by atoms with Crippen LogP contribution in [0.1, 0.15) is 45.1 Å². The van der Waals surface area contributed by atoms with E-state index in [2.05, 4.69) is 43.0 Å². The smallest absolute Gasteiger partial charge is 0.320 e. The molecule has 1 aromatic rings. The summed E-state index contributed by atoms with van der Waals surface area (Å²) in [5, 5.41) is 0. The summed E-state index contributed by atoms with van der Waals surface area (Å²) in [6, 6.07) is 8.50. The van der Waals surface area contributed by atoms with Crippen LogP contribution in [0.25, 0.3) is 0 Å². The summed E-state index contributed by atoms with van der Waals surface area (Å²) in [6.45, 7) is 9.44. The minimum Gasteiger partial charge on any atom is -0.370 e. The SMILES string of the molecule is CCC1CCN(C(=O)N2CC3(C2)CN(c2ccc(C(C)C)cc2)C3)CC1(F)F. The number of hydrogen-bond acceptors (Lipinski definition) is 2. The van der Waals surface area contributed by atoms with E-state index in [1.165, 1.54) is 16.2 Å². The zero-order chi connectivity index (χ0) is 20.1. The molecule has 0 aliphatic carbocycles. The van der Waals surface area contributed by atoms with Crippen LogP contribution in [-0.2, 0) is 0 Å². The van der Waals surface area contributed by atoms with Gasteiger partial charge in [-0.3, -0.25) is 0 Å². The Morgan fingerprint density at radius 3 is 2.25 bits per heavy atom. The summed E-state index contributed by atoms with van der Waals surface area (Å²) in [4.78, 5) is 18.1. The molecule has 4 nitrogen and oxygen atoms in total. The van der Waals surface area contributed by atoms with Crippen LogP contribution in [-0.4, -0.2) is 61.0 Å². The van der Waals surface area contributed by atoms with E-state index in [1.807, 2.05) is 0 Å². The van der Waals surface area contributed by atoms with Crippen molar-refractivity contribution >= 4 is 11.7 Å². The van der Waals surface area contributed by atoms with Gasteiger partial charge < -0.3 is 14.7 Å². The third-order valence-electron chi connectivity index (χ3n) is 6.81. The Morgan fingerprint density at radius 2 is 1.71 bits per heavy atom. The van der Waals surface area contributed by atoms with Crippen molar-refractivity contribution in [2.45, 2.75) is 45.5 Å². The van der Waals surface area contributed by atoms with Gasteiger partial charge in [-0.15, -0.1) is 0 Å². The Balaban J connectivity index is 1.28. The zero-order valence-electron chi connectivity index (χ0n) is 17.1. The van der Waals surface area contributed by atoms with Crippen LogP contribution in [0, 0.1) is 11.3 Å². The van der Waals surface area contributed by atoms with Gasteiger partial charge in [0, 0.05) is 49.7 Å². The van der Waals surface area contributed by atoms with Gasteiger partial charge in [-0.1, -0.05) is 32.9 Å². The Bertz CT molecular complexity index is 720. The molecule has 0 aromatic heterocycles. The minimum absolute atomic E-state index is 0.149. The lowest BCUT2D eigenvalue weighted by molar-refractivity contribution is -0.108. The summed E-state index contributed by atoms with van der Waals surface area (Å²) in [5.74, 6) is -2.83.